The summed E-state index contributed by atoms with van der Waals surface area (Å²) < 4.78 is 65.1. The largest absolute Gasteiger partial charge is 0.264 e. The Labute approximate surface area is 152 Å². The van der Waals surface area contributed by atoms with Gasteiger partial charge in [0.15, 0.2) is 9.84 Å². The minimum atomic E-state index is -4.08. The van der Waals surface area contributed by atoms with Crippen LogP contribution in [0.4, 0.5) is 4.39 Å². The number of sulfone groups is 1. The van der Waals surface area contributed by atoms with E-state index in [4.69, 9.17) is 0 Å². The zero-order chi connectivity index (χ0) is 18.9. The van der Waals surface area contributed by atoms with Gasteiger partial charge in [-0.3, -0.25) is 4.98 Å². The summed E-state index contributed by atoms with van der Waals surface area (Å²) in [6, 6.07) is 6.28. The van der Waals surface area contributed by atoms with Gasteiger partial charge in [0.25, 0.3) is 0 Å². The number of nitrogens with zero attached hydrogens (tertiary/aromatic N) is 2. The maximum absolute atomic E-state index is 13.7. The summed E-state index contributed by atoms with van der Waals surface area (Å²) in [5.41, 5.74) is 1.04. The summed E-state index contributed by atoms with van der Waals surface area (Å²) in [4.78, 5) is 3.83. The average molecular weight is 398 g/mol. The van der Waals surface area contributed by atoms with Crippen molar-refractivity contribution in [2.24, 2.45) is 0 Å². The van der Waals surface area contributed by atoms with Gasteiger partial charge in [-0.2, -0.15) is 4.31 Å². The fraction of sp³-hybridized carbons (Fsp3) is 0.353. The van der Waals surface area contributed by atoms with Gasteiger partial charge in [-0.15, -0.1) is 0 Å². The molecule has 1 saturated heterocycles. The molecule has 0 amide bonds. The molecule has 1 atom stereocenters. The van der Waals surface area contributed by atoms with Crippen LogP contribution in [0.15, 0.2) is 47.6 Å². The van der Waals surface area contributed by atoms with E-state index in [2.05, 4.69) is 4.98 Å². The van der Waals surface area contributed by atoms with E-state index in [0.717, 1.165) is 10.4 Å². The molecule has 26 heavy (non-hydrogen) atoms. The summed E-state index contributed by atoms with van der Waals surface area (Å²) in [6.45, 7) is 1.56. The van der Waals surface area contributed by atoms with Crippen molar-refractivity contribution in [1.29, 1.82) is 0 Å². The number of aromatic nitrogens is 1. The fourth-order valence-electron chi connectivity index (χ4n) is 3.06. The number of benzene rings is 1. The van der Waals surface area contributed by atoms with Crippen LogP contribution in [0.25, 0.3) is 0 Å². The molecule has 9 heteroatoms. The minimum Gasteiger partial charge on any atom is -0.264 e. The third kappa shape index (κ3) is 3.94. The molecule has 1 aromatic carbocycles. The Balaban J connectivity index is 2.05. The van der Waals surface area contributed by atoms with Gasteiger partial charge in [0.2, 0.25) is 10.0 Å². The number of halogens is 1. The van der Waals surface area contributed by atoms with Crippen LogP contribution < -0.4 is 0 Å². The van der Waals surface area contributed by atoms with E-state index in [1.807, 2.05) is 0 Å². The first-order valence-electron chi connectivity index (χ1n) is 8.06. The van der Waals surface area contributed by atoms with Gasteiger partial charge >= 0.3 is 0 Å². The van der Waals surface area contributed by atoms with E-state index in [1.165, 1.54) is 18.3 Å². The van der Waals surface area contributed by atoms with Gasteiger partial charge in [0, 0.05) is 25.0 Å². The van der Waals surface area contributed by atoms with Crippen molar-refractivity contribution in [2.45, 2.75) is 30.8 Å². The van der Waals surface area contributed by atoms with Crippen molar-refractivity contribution < 1.29 is 21.2 Å². The predicted molar refractivity (Wildman–Crippen MR) is 95.2 cm³/mol. The van der Waals surface area contributed by atoms with Crippen molar-refractivity contribution in [1.82, 2.24) is 9.29 Å². The van der Waals surface area contributed by atoms with E-state index in [9.17, 15) is 21.2 Å². The third-order valence-electron chi connectivity index (χ3n) is 4.41. The highest BCUT2D eigenvalue weighted by atomic mass is 32.2. The first kappa shape index (κ1) is 18.9. The van der Waals surface area contributed by atoms with Gasteiger partial charge in [0.05, 0.1) is 16.4 Å². The molecule has 3 rings (SSSR count). The van der Waals surface area contributed by atoms with Crippen LogP contribution in [-0.2, 0) is 26.4 Å². The molecule has 1 aliphatic heterocycles. The van der Waals surface area contributed by atoms with Crippen LogP contribution in [-0.4, -0.2) is 43.7 Å². The highest BCUT2D eigenvalue weighted by molar-refractivity contribution is 7.92. The molecule has 1 aromatic heterocycles. The first-order chi connectivity index (χ1) is 12.2. The summed E-state index contributed by atoms with van der Waals surface area (Å²) in [6.07, 6.45) is 3.32. The molecule has 0 spiro atoms. The summed E-state index contributed by atoms with van der Waals surface area (Å²) in [7, 11) is -7.37. The Morgan fingerprint density at radius 1 is 1.31 bits per heavy atom. The van der Waals surface area contributed by atoms with Crippen LogP contribution in [0.2, 0.25) is 0 Å². The molecule has 0 bridgehead atoms. The van der Waals surface area contributed by atoms with Crippen molar-refractivity contribution in [3.63, 3.8) is 0 Å². The molecular weight excluding hydrogens is 379 g/mol. The van der Waals surface area contributed by atoms with E-state index < -0.39 is 31.7 Å². The average Bonchev–Trinajstić information content (AvgIpc) is 2.95. The molecule has 2 heterocycles. The first-order valence-corrected chi connectivity index (χ1v) is 11.3. The standard InChI is InChI=1S/C17H19FN2O4S2/c1-13-4-5-15(18)9-17(13)26(23,24)20(11-14-3-2-7-19-10-14)16-6-8-25(21,22)12-16/h2-5,7,9-10,16H,6,8,11-12H2,1H3/t16-/m0/s1. The van der Waals surface area contributed by atoms with Crippen molar-refractivity contribution in [3.8, 4) is 0 Å². The van der Waals surface area contributed by atoms with Crippen LogP contribution in [0.3, 0.4) is 0 Å². The summed E-state index contributed by atoms with van der Waals surface area (Å²) in [5, 5.41) is 0. The van der Waals surface area contributed by atoms with Crippen LogP contribution in [0.5, 0.6) is 0 Å². The Morgan fingerprint density at radius 3 is 2.69 bits per heavy atom. The molecule has 2 aromatic rings. The van der Waals surface area contributed by atoms with Crippen molar-refractivity contribution >= 4 is 19.9 Å². The second kappa shape index (κ2) is 7.05. The Bertz CT molecular complexity index is 1010. The molecular formula is C17H19FN2O4S2. The second-order valence-electron chi connectivity index (χ2n) is 6.38. The van der Waals surface area contributed by atoms with Crippen molar-refractivity contribution in [3.05, 3.63) is 59.7 Å². The maximum atomic E-state index is 13.7. The number of pyridine rings is 1. The molecule has 6 nitrogen and oxygen atoms in total. The van der Waals surface area contributed by atoms with Crippen LogP contribution >= 0.6 is 0 Å². The van der Waals surface area contributed by atoms with E-state index in [-0.39, 0.29) is 29.4 Å². The SMILES string of the molecule is Cc1ccc(F)cc1S(=O)(=O)N(Cc1cccnc1)[C@H]1CCS(=O)(=O)C1. The number of rotatable bonds is 5. The summed E-state index contributed by atoms with van der Waals surface area (Å²) >= 11 is 0. The number of sulfonamides is 1. The van der Waals surface area contributed by atoms with E-state index in [1.54, 1.807) is 25.3 Å². The zero-order valence-electron chi connectivity index (χ0n) is 14.2. The van der Waals surface area contributed by atoms with Gasteiger partial charge in [0.1, 0.15) is 5.82 Å². The van der Waals surface area contributed by atoms with Gasteiger partial charge in [-0.05, 0) is 42.7 Å². The lowest BCUT2D eigenvalue weighted by Crippen LogP contribution is -2.40. The molecule has 0 saturated carbocycles. The van der Waals surface area contributed by atoms with Crippen LogP contribution in [0, 0.1) is 12.7 Å². The van der Waals surface area contributed by atoms with E-state index >= 15 is 0 Å². The highest BCUT2D eigenvalue weighted by Crippen LogP contribution is 2.28. The lowest BCUT2D eigenvalue weighted by Gasteiger charge is -2.28. The Morgan fingerprint density at radius 2 is 2.08 bits per heavy atom. The molecule has 0 radical (unpaired) electrons. The Hall–Kier alpha value is -1.84. The van der Waals surface area contributed by atoms with Crippen LogP contribution in [0.1, 0.15) is 17.5 Å². The van der Waals surface area contributed by atoms with E-state index in [0.29, 0.717) is 11.1 Å². The topological polar surface area (TPSA) is 84.4 Å². The minimum absolute atomic E-state index is 0.0215. The monoisotopic (exact) mass is 398 g/mol. The molecule has 140 valence electrons. The number of aryl methyl sites for hydroxylation is 1. The smallest absolute Gasteiger partial charge is 0.244 e. The number of hydrogen-bond acceptors (Lipinski definition) is 5. The van der Waals surface area contributed by atoms with Gasteiger partial charge < -0.3 is 0 Å². The highest BCUT2D eigenvalue weighted by Gasteiger charge is 2.39. The summed E-state index contributed by atoms with van der Waals surface area (Å²) in [5.74, 6) is -0.950. The second-order valence-corrected chi connectivity index (χ2v) is 10.5. The zero-order valence-corrected chi connectivity index (χ0v) is 15.8. The lowest BCUT2D eigenvalue weighted by atomic mass is 10.2. The molecule has 1 fully saturated rings. The third-order valence-corrected chi connectivity index (χ3v) is 8.20. The fourth-order valence-corrected chi connectivity index (χ4v) is 6.77. The van der Waals surface area contributed by atoms with Gasteiger partial charge in [-0.25, -0.2) is 21.2 Å². The molecule has 0 aliphatic carbocycles. The maximum Gasteiger partial charge on any atom is 0.244 e. The van der Waals surface area contributed by atoms with Crippen molar-refractivity contribution in [2.75, 3.05) is 11.5 Å². The Kier molecular flexibility index (Phi) is 5.14. The molecule has 0 N–H and O–H groups in total. The normalized spacial score (nSPS) is 19.7. The molecule has 0 unspecified atom stereocenters. The lowest BCUT2D eigenvalue weighted by molar-refractivity contribution is 0.333. The van der Waals surface area contributed by atoms with Gasteiger partial charge in [-0.1, -0.05) is 12.1 Å². The molecule has 1 aliphatic rings. The quantitative estimate of drug-likeness (QED) is 0.768. The predicted octanol–water partition coefficient (Wildman–Crippen LogP) is 1.91. The number of hydrogen-bond donors (Lipinski definition) is 0.